The molecule has 3 nitrogen and oxygen atoms in total. The Balaban J connectivity index is 2.54. The van der Waals surface area contributed by atoms with Gasteiger partial charge in [-0.25, -0.2) is 0 Å². The van der Waals surface area contributed by atoms with Crippen molar-refractivity contribution in [2.75, 3.05) is 0 Å². The predicted molar refractivity (Wildman–Crippen MR) is 65.2 cm³/mol. The van der Waals surface area contributed by atoms with Crippen molar-refractivity contribution >= 4 is 0 Å². The van der Waals surface area contributed by atoms with E-state index in [0.29, 0.717) is 0 Å². The van der Waals surface area contributed by atoms with E-state index >= 15 is 0 Å². The van der Waals surface area contributed by atoms with Crippen LogP contribution in [0.4, 0.5) is 0 Å². The molecule has 2 aromatic rings. The maximum Gasteiger partial charge on any atom is 0.164 e. The molecular formula is C13H17N3. The number of hydrogen-bond acceptors (Lipinski definition) is 2. The number of rotatable bonds is 3. The third-order valence-electron chi connectivity index (χ3n) is 2.78. The lowest BCUT2D eigenvalue weighted by Gasteiger charge is -2.10. The molecule has 0 aliphatic carbocycles. The minimum absolute atomic E-state index is 0.968. The first-order chi connectivity index (χ1) is 7.74. The molecule has 0 aliphatic rings. The number of hydrogen-bond donors (Lipinski definition) is 0. The summed E-state index contributed by atoms with van der Waals surface area (Å²) >= 11 is 0. The molecule has 0 fully saturated rings. The number of nitrogens with zero attached hydrogens (tertiary/aromatic N) is 3. The normalized spacial score (nSPS) is 10.7. The van der Waals surface area contributed by atoms with Crippen LogP contribution in [0.2, 0.25) is 0 Å². The fourth-order valence-electron chi connectivity index (χ4n) is 2.02. The van der Waals surface area contributed by atoms with Gasteiger partial charge >= 0.3 is 0 Å². The molecule has 1 aromatic carbocycles. The SMILES string of the molecule is CCCn1cnnc1-c1c(C)cccc1C. The summed E-state index contributed by atoms with van der Waals surface area (Å²) in [6.45, 7) is 7.37. The third-order valence-corrected chi connectivity index (χ3v) is 2.78. The zero-order valence-corrected chi connectivity index (χ0v) is 10.1. The molecule has 0 atom stereocenters. The molecule has 3 heteroatoms. The van der Waals surface area contributed by atoms with Gasteiger partial charge in [-0.3, -0.25) is 0 Å². The van der Waals surface area contributed by atoms with Gasteiger partial charge in [0.25, 0.3) is 0 Å². The molecule has 84 valence electrons. The van der Waals surface area contributed by atoms with Gasteiger partial charge in [0, 0.05) is 12.1 Å². The highest BCUT2D eigenvalue weighted by molar-refractivity contribution is 5.64. The van der Waals surface area contributed by atoms with Gasteiger partial charge in [0.2, 0.25) is 0 Å². The summed E-state index contributed by atoms with van der Waals surface area (Å²) in [5.41, 5.74) is 3.73. The Labute approximate surface area is 96.1 Å². The van der Waals surface area contributed by atoms with Gasteiger partial charge in [-0.15, -0.1) is 10.2 Å². The highest BCUT2D eigenvalue weighted by atomic mass is 15.3. The van der Waals surface area contributed by atoms with E-state index < -0.39 is 0 Å². The lowest BCUT2D eigenvalue weighted by molar-refractivity contribution is 0.682. The van der Waals surface area contributed by atoms with Crippen molar-refractivity contribution in [3.05, 3.63) is 35.7 Å². The van der Waals surface area contributed by atoms with Gasteiger partial charge in [0.05, 0.1) is 0 Å². The second-order valence-corrected chi connectivity index (χ2v) is 4.11. The van der Waals surface area contributed by atoms with Crippen molar-refractivity contribution < 1.29 is 0 Å². The van der Waals surface area contributed by atoms with E-state index in [1.807, 2.05) is 6.33 Å². The molecule has 16 heavy (non-hydrogen) atoms. The van der Waals surface area contributed by atoms with Crippen molar-refractivity contribution in [1.82, 2.24) is 14.8 Å². The van der Waals surface area contributed by atoms with Crippen molar-refractivity contribution in [2.45, 2.75) is 33.7 Å². The smallest absolute Gasteiger partial charge is 0.164 e. The van der Waals surface area contributed by atoms with E-state index in [1.165, 1.54) is 16.7 Å². The molecule has 0 radical (unpaired) electrons. The maximum atomic E-state index is 4.24. The van der Waals surface area contributed by atoms with Crippen LogP contribution in [0.5, 0.6) is 0 Å². The van der Waals surface area contributed by atoms with E-state index in [2.05, 4.69) is 53.7 Å². The summed E-state index contributed by atoms with van der Waals surface area (Å²) < 4.78 is 2.12. The summed E-state index contributed by atoms with van der Waals surface area (Å²) in [5.74, 6) is 0.984. The lowest BCUT2D eigenvalue weighted by atomic mass is 10.0. The van der Waals surface area contributed by atoms with Crippen molar-refractivity contribution in [3.63, 3.8) is 0 Å². The minimum Gasteiger partial charge on any atom is -0.314 e. The summed E-state index contributed by atoms with van der Waals surface area (Å²) in [6, 6.07) is 6.31. The molecule has 0 saturated carbocycles. The van der Waals surface area contributed by atoms with Crippen LogP contribution in [0.15, 0.2) is 24.5 Å². The second-order valence-electron chi connectivity index (χ2n) is 4.11. The molecule has 1 aromatic heterocycles. The van der Waals surface area contributed by atoms with Crippen LogP contribution in [0, 0.1) is 13.8 Å². The molecule has 0 amide bonds. The third kappa shape index (κ3) is 1.85. The predicted octanol–water partition coefficient (Wildman–Crippen LogP) is 2.97. The van der Waals surface area contributed by atoms with Crippen molar-refractivity contribution in [1.29, 1.82) is 0 Å². The van der Waals surface area contributed by atoms with Gasteiger partial charge in [-0.2, -0.15) is 0 Å². The molecule has 0 spiro atoms. The summed E-state index contributed by atoms with van der Waals surface area (Å²) in [4.78, 5) is 0. The summed E-state index contributed by atoms with van der Waals surface area (Å²) in [6.07, 6.45) is 2.90. The largest absolute Gasteiger partial charge is 0.314 e. The standard InChI is InChI=1S/C13H17N3/c1-4-8-16-9-14-15-13(16)12-10(2)6-5-7-11(12)3/h5-7,9H,4,8H2,1-3H3. The Morgan fingerprint density at radius 1 is 1.19 bits per heavy atom. The van der Waals surface area contributed by atoms with Crippen LogP contribution in [0.3, 0.4) is 0 Å². The fourth-order valence-corrected chi connectivity index (χ4v) is 2.02. The van der Waals surface area contributed by atoms with E-state index in [0.717, 1.165) is 18.8 Å². The molecule has 1 heterocycles. The first-order valence-corrected chi connectivity index (χ1v) is 5.68. The van der Waals surface area contributed by atoms with Gasteiger partial charge in [-0.05, 0) is 31.4 Å². The van der Waals surface area contributed by atoms with Crippen molar-refractivity contribution in [2.24, 2.45) is 0 Å². The second kappa shape index (κ2) is 4.47. The first-order valence-electron chi connectivity index (χ1n) is 5.68. The van der Waals surface area contributed by atoms with Gasteiger partial charge in [-0.1, -0.05) is 25.1 Å². The van der Waals surface area contributed by atoms with E-state index in [4.69, 9.17) is 0 Å². The molecule has 0 bridgehead atoms. The summed E-state index contributed by atoms with van der Waals surface area (Å²) in [5, 5.41) is 8.25. The van der Waals surface area contributed by atoms with E-state index in [1.54, 1.807) is 0 Å². The topological polar surface area (TPSA) is 30.7 Å². The Morgan fingerprint density at radius 2 is 1.88 bits per heavy atom. The Bertz CT molecular complexity index is 465. The van der Waals surface area contributed by atoms with Gasteiger partial charge in [0.15, 0.2) is 5.82 Å². The van der Waals surface area contributed by atoms with Gasteiger partial charge < -0.3 is 4.57 Å². The Kier molecular flexibility index (Phi) is 3.04. The number of aryl methyl sites for hydroxylation is 3. The minimum atomic E-state index is 0.968. The highest BCUT2D eigenvalue weighted by Crippen LogP contribution is 2.25. The molecule has 2 rings (SSSR count). The maximum absolute atomic E-state index is 4.24. The van der Waals surface area contributed by atoms with E-state index in [9.17, 15) is 0 Å². The van der Waals surface area contributed by atoms with Crippen LogP contribution in [-0.2, 0) is 6.54 Å². The Morgan fingerprint density at radius 3 is 2.50 bits per heavy atom. The molecule has 0 N–H and O–H groups in total. The lowest BCUT2D eigenvalue weighted by Crippen LogP contribution is -2.00. The first kappa shape index (κ1) is 10.9. The average molecular weight is 215 g/mol. The van der Waals surface area contributed by atoms with Crippen LogP contribution in [0.25, 0.3) is 11.4 Å². The van der Waals surface area contributed by atoms with Crippen LogP contribution >= 0.6 is 0 Å². The Hall–Kier alpha value is -1.64. The molecule has 0 unspecified atom stereocenters. The fraction of sp³-hybridized carbons (Fsp3) is 0.385. The van der Waals surface area contributed by atoms with Crippen LogP contribution in [-0.4, -0.2) is 14.8 Å². The quantitative estimate of drug-likeness (QED) is 0.788. The number of aromatic nitrogens is 3. The zero-order valence-electron chi connectivity index (χ0n) is 10.1. The molecule has 0 aliphatic heterocycles. The molecular weight excluding hydrogens is 198 g/mol. The summed E-state index contributed by atoms with van der Waals surface area (Å²) in [7, 11) is 0. The van der Waals surface area contributed by atoms with Gasteiger partial charge in [0.1, 0.15) is 6.33 Å². The van der Waals surface area contributed by atoms with Crippen LogP contribution < -0.4 is 0 Å². The zero-order chi connectivity index (χ0) is 11.5. The van der Waals surface area contributed by atoms with Crippen LogP contribution in [0.1, 0.15) is 24.5 Å². The number of benzene rings is 1. The average Bonchev–Trinajstić information content (AvgIpc) is 2.67. The highest BCUT2D eigenvalue weighted by Gasteiger charge is 2.11. The molecule has 0 saturated heterocycles. The van der Waals surface area contributed by atoms with Crippen molar-refractivity contribution in [3.8, 4) is 11.4 Å². The van der Waals surface area contributed by atoms with E-state index in [-0.39, 0.29) is 0 Å². The monoisotopic (exact) mass is 215 g/mol.